The molecule has 2 aromatic carbocycles. The van der Waals surface area contributed by atoms with Crippen molar-refractivity contribution in [2.75, 3.05) is 28.2 Å². The van der Waals surface area contributed by atoms with Crippen LogP contribution < -0.4 is 0 Å². The van der Waals surface area contributed by atoms with E-state index in [9.17, 15) is 9.59 Å². The summed E-state index contributed by atoms with van der Waals surface area (Å²) in [6, 6.07) is 12.0. The number of aromatic nitrogens is 1. The highest BCUT2D eigenvalue weighted by molar-refractivity contribution is 6.11. The fourth-order valence-corrected chi connectivity index (χ4v) is 3.39. The Labute approximate surface area is 172 Å². The van der Waals surface area contributed by atoms with Gasteiger partial charge in [0.25, 0.3) is 0 Å². The number of Topliss-reactive ketones (excluding diaryl/α,β-unsaturated/α-hetero) is 2. The Bertz CT molecular complexity index is 967. The van der Waals surface area contributed by atoms with E-state index in [1.54, 1.807) is 0 Å². The van der Waals surface area contributed by atoms with E-state index in [1.165, 1.54) is 0 Å². The second kappa shape index (κ2) is 8.47. The molecule has 1 N–H and O–H groups in total. The fraction of sp³-hybridized carbons (Fsp3) is 0.417. The lowest BCUT2D eigenvalue weighted by Gasteiger charge is -2.18. The van der Waals surface area contributed by atoms with E-state index in [-0.39, 0.29) is 23.7 Å². The van der Waals surface area contributed by atoms with E-state index in [4.69, 9.17) is 0 Å². The van der Waals surface area contributed by atoms with Crippen molar-refractivity contribution in [3.05, 3.63) is 47.5 Å². The Hall–Kier alpha value is -2.50. The molecule has 0 radical (unpaired) electrons. The van der Waals surface area contributed by atoms with Crippen molar-refractivity contribution >= 4 is 33.4 Å². The van der Waals surface area contributed by atoms with E-state index in [0.717, 1.165) is 21.8 Å². The molecule has 0 fully saturated rings. The van der Waals surface area contributed by atoms with Crippen LogP contribution >= 0.6 is 0 Å². The van der Waals surface area contributed by atoms with Crippen LogP contribution in [0.25, 0.3) is 21.8 Å². The fourth-order valence-electron chi connectivity index (χ4n) is 3.39. The number of hydrogen-bond acceptors (Lipinski definition) is 4. The molecule has 0 bridgehead atoms. The molecule has 5 heteroatoms. The maximum absolute atomic E-state index is 12.6. The summed E-state index contributed by atoms with van der Waals surface area (Å²) in [5.41, 5.74) is 3.28. The highest BCUT2D eigenvalue weighted by Gasteiger charge is 2.16. The van der Waals surface area contributed by atoms with Gasteiger partial charge >= 0.3 is 0 Å². The minimum absolute atomic E-state index is 0.139. The number of nitrogens with zero attached hydrogens (tertiary/aromatic N) is 2. The van der Waals surface area contributed by atoms with Crippen LogP contribution in [-0.4, -0.2) is 66.6 Å². The molecule has 0 aliphatic heterocycles. The highest BCUT2D eigenvalue weighted by atomic mass is 16.1. The molecule has 2 atom stereocenters. The van der Waals surface area contributed by atoms with Crippen molar-refractivity contribution in [2.45, 2.75) is 38.8 Å². The number of H-pyrrole nitrogens is 1. The summed E-state index contributed by atoms with van der Waals surface area (Å²) < 4.78 is 0. The van der Waals surface area contributed by atoms with Gasteiger partial charge in [0.1, 0.15) is 0 Å². The van der Waals surface area contributed by atoms with Crippen LogP contribution in [0, 0.1) is 0 Å². The van der Waals surface area contributed by atoms with Crippen LogP contribution in [0.1, 0.15) is 47.4 Å². The average molecular weight is 394 g/mol. The first-order valence-corrected chi connectivity index (χ1v) is 10.1. The van der Waals surface area contributed by atoms with Gasteiger partial charge in [-0.15, -0.1) is 0 Å². The number of ketones is 2. The van der Waals surface area contributed by atoms with Crippen LogP contribution in [0.4, 0.5) is 0 Å². The number of rotatable bonds is 8. The third-order valence-electron chi connectivity index (χ3n) is 5.97. The Morgan fingerprint density at radius 3 is 1.48 bits per heavy atom. The second-order valence-electron chi connectivity index (χ2n) is 8.53. The van der Waals surface area contributed by atoms with E-state index >= 15 is 0 Å². The summed E-state index contributed by atoms with van der Waals surface area (Å²) in [5.74, 6) is 0.278. The Morgan fingerprint density at radius 1 is 0.759 bits per heavy atom. The van der Waals surface area contributed by atoms with E-state index in [0.29, 0.717) is 24.0 Å². The van der Waals surface area contributed by atoms with Crippen LogP contribution in [-0.2, 0) is 0 Å². The van der Waals surface area contributed by atoms with Gasteiger partial charge in [-0.05, 0) is 54.2 Å². The van der Waals surface area contributed by atoms with Gasteiger partial charge in [-0.25, -0.2) is 0 Å². The first kappa shape index (κ1) is 21.2. The molecule has 0 aliphatic rings. The monoisotopic (exact) mass is 393 g/mol. The molecule has 0 spiro atoms. The Morgan fingerprint density at radius 2 is 1.14 bits per heavy atom. The van der Waals surface area contributed by atoms with Crippen molar-refractivity contribution in [2.24, 2.45) is 0 Å². The number of fused-ring (bicyclic) bond motifs is 3. The summed E-state index contributed by atoms with van der Waals surface area (Å²) in [4.78, 5) is 32.8. The molecule has 3 aromatic rings. The lowest BCUT2D eigenvalue weighted by Crippen LogP contribution is -2.27. The van der Waals surface area contributed by atoms with Crippen LogP contribution in [0.2, 0.25) is 0 Å². The molecule has 2 unspecified atom stereocenters. The second-order valence-corrected chi connectivity index (χ2v) is 8.53. The van der Waals surface area contributed by atoms with E-state index in [1.807, 2.05) is 64.6 Å². The first-order valence-electron chi connectivity index (χ1n) is 10.1. The predicted octanol–water partition coefficient (Wildman–Crippen LogP) is 4.37. The topological polar surface area (TPSA) is 56.4 Å². The highest BCUT2D eigenvalue weighted by Crippen LogP contribution is 2.28. The zero-order valence-electron chi connectivity index (χ0n) is 18.2. The Balaban J connectivity index is 1.89. The number of benzene rings is 2. The summed E-state index contributed by atoms with van der Waals surface area (Å²) >= 11 is 0. The molecule has 0 aliphatic carbocycles. The summed E-state index contributed by atoms with van der Waals surface area (Å²) in [6.45, 7) is 4.10. The number of carbonyl (C=O) groups excluding carboxylic acids is 2. The van der Waals surface area contributed by atoms with Gasteiger partial charge in [0, 0.05) is 57.9 Å². The van der Waals surface area contributed by atoms with Crippen molar-refractivity contribution in [3.8, 4) is 0 Å². The molecule has 3 rings (SSSR count). The smallest absolute Gasteiger partial charge is 0.164 e. The summed E-state index contributed by atoms with van der Waals surface area (Å²) in [7, 11) is 7.93. The molecule has 0 saturated carbocycles. The van der Waals surface area contributed by atoms with Gasteiger partial charge in [0.15, 0.2) is 11.6 Å². The van der Waals surface area contributed by atoms with Crippen LogP contribution in [0.3, 0.4) is 0 Å². The van der Waals surface area contributed by atoms with Gasteiger partial charge in [0.2, 0.25) is 0 Å². The predicted molar refractivity (Wildman–Crippen MR) is 120 cm³/mol. The van der Waals surface area contributed by atoms with Crippen molar-refractivity contribution in [3.63, 3.8) is 0 Å². The normalized spacial score (nSPS) is 14.1. The number of carbonyl (C=O) groups is 2. The third kappa shape index (κ3) is 4.57. The van der Waals surface area contributed by atoms with Gasteiger partial charge in [0.05, 0.1) is 0 Å². The molecular weight excluding hydrogens is 362 g/mol. The number of nitrogens with one attached hydrogen (secondary N) is 1. The van der Waals surface area contributed by atoms with E-state index in [2.05, 4.69) is 28.6 Å². The lowest BCUT2D eigenvalue weighted by molar-refractivity contribution is 0.0942. The van der Waals surface area contributed by atoms with Gasteiger partial charge in [-0.1, -0.05) is 24.3 Å². The maximum atomic E-state index is 12.6. The molecule has 1 heterocycles. The van der Waals surface area contributed by atoms with Gasteiger partial charge < -0.3 is 14.8 Å². The van der Waals surface area contributed by atoms with Crippen LogP contribution in [0.5, 0.6) is 0 Å². The Kier molecular flexibility index (Phi) is 6.20. The first-order chi connectivity index (χ1) is 13.7. The summed E-state index contributed by atoms with van der Waals surface area (Å²) in [6.07, 6.45) is 0.975. The van der Waals surface area contributed by atoms with Crippen molar-refractivity contribution < 1.29 is 9.59 Å². The molecule has 0 amide bonds. The number of hydrogen-bond donors (Lipinski definition) is 1. The van der Waals surface area contributed by atoms with Crippen molar-refractivity contribution in [1.29, 1.82) is 0 Å². The summed E-state index contributed by atoms with van der Waals surface area (Å²) in [5, 5.41) is 2.13. The van der Waals surface area contributed by atoms with Crippen LogP contribution in [0.15, 0.2) is 36.4 Å². The van der Waals surface area contributed by atoms with E-state index < -0.39 is 0 Å². The minimum Gasteiger partial charge on any atom is -0.354 e. The SMILES string of the molecule is CC(CC(=O)c1ccc2c(c1)[nH]c1cc(C(=O)CC(C)N(C)C)ccc12)N(C)C. The molecule has 154 valence electrons. The average Bonchev–Trinajstić information content (AvgIpc) is 3.04. The zero-order chi connectivity index (χ0) is 21.3. The molecule has 0 saturated heterocycles. The lowest BCUT2D eigenvalue weighted by atomic mass is 10.0. The molecule has 5 nitrogen and oxygen atoms in total. The molecule has 29 heavy (non-hydrogen) atoms. The maximum Gasteiger partial charge on any atom is 0.164 e. The molecular formula is C24H31N3O2. The third-order valence-corrected chi connectivity index (χ3v) is 5.97. The number of aromatic amines is 1. The standard InChI is InChI=1S/C24H31N3O2/c1-15(26(3)4)11-23(28)17-7-9-19-20-10-8-18(14-22(20)25-21(19)13-17)24(29)12-16(2)27(5)6/h7-10,13-16,25H,11-12H2,1-6H3. The van der Waals surface area contributed by atoms with Gasteiger partial charge in [-0.3, -0.25) is 9.59 Å². The quantitative estimate of drug-likeness (QED) is 0.578. The minimum atomic E-state index is 0.139. The van der Waals surface area contributed by atoms with Gasteiger partial charge in [-0.2, -0.15) is 0 Å². The van der Waals surface area contributed by atoms with Crippen molar-refractivity contribution in [1.82, 2.24) is 14.8 Å². The largest absolute Gasteiger partial charge is 0.354 e. The zero-order valence-corrected chi connectivity index (χ0v) is 18.2. The molecule has 1 aromatic heterocycles.